The molecule has 0 bridgehead atoms. The Labute approximate surface area is 160 Å². The maximum Gasteiger partial charge on any atom is 0.251 e. The molecule has 0 unspecified atom stereocenters. The molecule has 1 aromatic heterocycles. The molecule has 1 saturated heterocycles. The van der Waals surface area contributed by atoms with Crippen molar-refractivity contribution >= 4 is 11.7 Å². The molecule has 0 spiro atoms. The van der Waals surface area contributed by atoms with Gasteiger partial charge in [0.05, 0.1) is 13.7 Å². The maximum absolute atomic E-state index is 12.1. The number of aromatic nitrogens is 1. The van der Waals surface area contributed by atoms with Gasteiger partial charge in [-0.15, -0.1) is 0 Å². The van der Waals surface area contributed by atoms with Crippen LogP contribution in [0.5, 0.6) is 11.5 Å². The van der Waals surface area contributed by atoms with Crippen LogP contribution in [0.2, 0.25) is 0 Å². The van der Waals surface area contributed by atoms with Crippen LogP contribution in [0.1, 0.15) is 30.1 Å². The molecule has 1 aliphatic rings. The predicted octanol–water partition coefficient (Wildman–Crippen LogP) is 3.14. The van der Waals surface area contributed by atoms with Crippen LogP contribution in [0.3, 0.4) is 0 Å². The van der Waals surface area contributed by atoms with Crippen molar-refractivity contribution in [1.29, 1.82) is 0 Å². The molecule has 27 heavy (non-hydrogen) atoms. The number of piperidine rings is 1. The van der Waals surface area contributed by atoms with Crippen LogP contribution in [0.15, 0.2) is 42.6 Å². The number of rotatable bonds is 7. The summed E-state index contributed by atoms with van der Waals surface area (Å²) in [5, 5.41) is 2.83. The highest BCUT2D eigenvalue weighted by molar-refractivity contribution is 5.94. The van der Waals surface area contributed by atoms with Crippen LogP contribution >= 0.6 is 0 Å². The van der Waals surface area contributed by atoms with Crippen molar-refractivity contribution in [1.82, 2.24) is 10.3 Å². The molecule has 0 aliphatic carbocycles. The summed E-state index contributed by atoms with van der Waals surface area (Å²) < 4.78 is 11.1. The first-order valence-electron chi connectivity index (χ1n) is 9.45. The molecule has 1 aromatic carbocycles. The SMILES string of the molecule is CCNC(=O)c1ccnc(N2CCC[C@@H](COc3ccc(OC)cc3)C2)c1. The topological polar surface area (TPSA) is 63.7 Å². The van der Waals surface area contributed by atoms with Crippen molar-refractivity contribution in [2.75, 3.05) is 38.3 Å². The van der Waals surface area contributed by atoms with Gasteiger partial charge in [-0.2, -0.15) is 0 Å². The summed E-state index contributed by atoms with van der Waals surface area (Å²) >= 11 is 0. The summed E-state index contributed by atoms with van der Waals surface area (Å²) in [4.78, 5) is 18.8. The number of amides is 1. The zero-order valence-electron chi connectivity index (χ0n) is 16.0. The minimum absolute atomic E-state index is 0.0578. The number of carbonyl (C=O) groups excluding carboxylic acids is 1. The van der Waals surface area contributed by atoms with E-state index >= 15 is 0 Å². The number of nitrogens with zero attached hydrogens (tertiary/aromatic N) is 2. The summed E-state index contributed by atoms with van der Waals surface area (Å²) in [5.41, 5.74) is 0.651. The zero-order chi connectivity index (χ0) is 19.1. The average Bonchev–Trinajstić information content (AvgIpc) is 2.73. The number of methoxy groups -OCH3 is 1. The second-order valence-electron chi connectivity index (χ2n) is 6.70. The molecule has 1 atom stereocenters. The Hall–Kier alpha value is -2.76. The summed E-state index contributed by atoms with van der Waals surface area (Å²) in [6.07, 6.45) is 3.92. The van der Waals surface area contributed by atoms with Crippen molar-refractivity contribution in [3.8, 4) is 11.5 Å². The second-order valence-corrected chi connectivity index (χ2v) is 6.70. The van der Waals surface area contributed by atoms with Crippen molar-refractivity contribution in [2.45, 2.75) is 19.8 Å². The number of anilines is 1. The van der Waals surface area contributed by atoms with Gasteiger partial charge >= 0.3 is 0 Å². The molecule has 1 fully saturated rings. The Morgan fingerprint density at radius 1 is 1.26 bits per heavy atom. The van der Waals surface area contributed by atoms with Crippen LogP contribution in [-0.2, 0) is 0 Å². The first-order chi connectivity index (χ1) is 13.2. The molecule has 6 heteroatoms. The Kier molecular flexibility index (Phi) is 6.52. The van der Waals surface area contributed by atoms with Crippen LogP contribution < -0.4 is 19.7 Å². The van der Waals surface area contributed by atoms with Gasteiger partial charge in [0, 0.05) is 37.3 Å². The standard InChI is InChI=1S/C21H27N3O3/c1-3-22-21(25)17-10-11-23-20(13-17)24-12-4-5-16(14-24)15-27-19-8-6-18(26-2)7-9-19/h6-11,13,16H,3-5,12,14-15H2,1-2H3,(H,22,25)/t16-/m1/s1. The summed E-state index contributed by atoms with van der Waals surface area (Å²) in [5.74, 6) is 2.90. The lowest BCUT2D eigenvalue weighted by molar-refractivity contribution is 0.0955. The summed E-state index contributed by atoms with van der Waals surface area (Å²) in [6, 6.07) is 11.3. The van der Waals surface area contributed by atoms with Gasteiger partial charge in [0.1, 0.15) is 17.3 Å². The van der Waals surface area contributed by atoms with Gasteiger partial charge in [0.15, 0.2) is 0 Å². The quantitative estimate of drug-likeness (QED) is 0.812. The molecule has 1 amide bonds. The first-order valence-corrected chi connectivity index (χ1v) is 9.45. The predicted molar refractivity (Wildman–Crippen MR) is 106 cm³/mol. The van der Waals surface area contributed by atoms with Gasteiger partial charge in [-0.1, -0.05) is 0 Å². The fourth-order valence-corrected chi connectivity index (χ4v) is 3.29. The van der Waals surface area contributed by atoms with Gasteiger partial charge in [-0.25, -0.2) is 4.98 Å². The van der Waals surface area contributed by atoms with E-state index < -0.39 is 0 Å². The van der Waals surface area contributed by atoms with Gasteiger partial charge in [0.25, 0.3) is 5.91 Å². The lowest BCUT2D eigenvalue weighted by Gasteiger charge is -2.33. The number of hydrogen-bond acceptors (Lipinski definition) is 5. The highest BCUT2D eigenvalue weighted by Gasteiger charge is 2.22. The van der Waals surface area contributed by atoms with E-state index in [1.54, 1.807) is 19.4 Å². The fourth-order valence-electron chi connectivity index (χ4n) is 3.29. The van der Waals surface area contributed by atoms with Crippen LogP contribution in [-0.4, -0.2) is 44.2 Å². The number of pyridine rings is 1. The Balaban J connectivity index is 1.58. The average molecular weight is 369 g/mol. The van der Waals surface area contributed by atoms with E-state index in [2.05, 4.69) is 15.2 Å². The van der Waals surface area contributed by atoms with E-state index in [0.29, 0.717) is 24.6 Å². The normalized spacial score (nSPS) is 16.7. The number of hydrogen-bond donors (Lipinski definition) is 1. The van der Waals surface area contributed by atoms with Crippen LogP contribution in [0.4, 0.5) is 5.82 Å². The number of nitrogens with one attached hydrogen (secondary N) is 1. The molecule has 6 nitrogen and oxygen atoms in total. The van der Waals surface area contributed by atoms with Crippen molar-refractivity contribution in [3.05, 3.63) is 48.2 Å². The molecule has 1 N–H and O–H groups in total. The fraction of sp³-hybridized carbons (Fsp3) is 0.429. The number of ether oxygens (including phenoxy) is 2. The van der Waals surface area contributed by atoms with E-state index in [4.69, 9.17) is 9.47 Å². The lowest BCUT2D eigenvalue weighted by atomic mass is 9.99. The Morgan fingerprint density at radius 2 is 2.04 bits per heavy atom. The van der Waals surface area contributed by atoms with Crippen LogP contribution in [0, 0.1) is 5.92 Å². The third kappa shape index (κ3) is 5.12. The monoisotopic (exact) mass is 369 g/mol. The van der Waals surface area contributed by atoms with Crippen molar-refractivity contribution in [2.24, 2.45) is 5.92 Å². The number of carbonyl (C=O) groups is 1. The minimum Gasteiger partial charge on any atom is -0.497 e. The first kappa shape index (κ1) is 19.0. The van der Waals surface area contributed by atoms with Crippen LogP contribution in [0.25, 0.3) is 0 Å². The highest BCUT2D eigenvalue weighted by atomic mass is 16.5. The molecule has 1 aliphatic heterocycles. The van der Waals surface area contributed by atoms with Gasteiger partial charge in [-0.05, 0) is 56.2 Å². The van der Waals surface area contributed by atoms with E-state index in [1.165, 1.54) is 0 Å². The number of benzene rings is 1. The van der Waals surface area contributed by atoms with Crippen molar-refractivity contribution < 1.29 is 14.3 Å². The second kappa shape index (κ2) is 9.26. The molecular formula is C21H27N3O3. The largest absolute Gasteiger partial charge is 0.497 e. The molecule has 2 aromatic rings. The summed E-state index contributed by atoms with van der Waals surface area (Å²) in [6.45, 7) is 5.02. The molecule has 0 saturated carbocycles. The third-order valence-corrected chi connectivity index (χ3v) is 4.73. The van der Waals surface area contributed by atoms with E-state index in [-0.39, 0.29) is 5.91 Å². The molecule has 144 valence electrons. The lowest BCUT2D eigenvalue weighted by Crippen LogP contribution is -2.38. The molecule has 0 radical (unpaired) electrons. The van der Waals surface area contributed by atoms with Gasteiger partial charge in [-0.3, -0.25) is 4.79 Å². The Bertz CT molecular complexity index is 749. The highest BCUT2D eigenvalue weighted by Crippen LogP contribution is 2.24. The molecular weight excluding hydrogens is 342 g/mol. The van der Waals surface area contributed by atoms with E-state index in [1.807, 2.05) is 37.3 Å². The smallest absolute Gasteiger partial charge is 0.251 e. The van der Waals surface area contributed by atoms with Gasteiger partial charge in [0.2, 0.25) is 0 Å². The molecule has 3 rings (SSSR count). The third-order valence-electron chi connectivity index (χ3n) is 4.73. The molecule has 2 heterocycles. The van der Waals surface area contributed by atoms with E-state index in [9.17, 15) is 4.79 Å². The van der Waals surface area contributed by atoms with Crippen molar-refractivity contribution in [3.63, 3.8) is 0 Å². The van der Waals surface area contributed by atoms with Gasteiger partial charge < -0.3 is 19.7 Å². The maximum atomic E-state index is 12.1. The Morgan fingerprint density at radius 3 is 2.78 bits per heavy atom. The zero-order valence-corrected chi connectivity index (χ0v) is 16.0. The van der Waals surface area contributed by atoms with E-state index in [0.717, 1.165) is 43.2 Å². The summed E-state index contributed by atoms with van der Waals surface area (Å²) in [7, 11) is 1.65. The minimum atomic E-state index is -0.0578.